The quantitative estimate of drug-likeness (QED) is 0.397. The monoisotopic (exact) mass is 394 g/mol. The smallest absolute Gasteiger partial charge is 0.213 e. The second-order valence-corrected chi connectivity index (χ2v) is 9.22. The zero-order valence-electron chi connectivity index (χ0n) is 16.6. The van der Waals surface area contributed by atoms with E-state index in [1.54, 1.807) is 0 Å². The Labute approximate surface area is 164 Å². The first-order valence-electron chi connectivity index (χ1n) is 10.0. The molecule has 1 atom stereocenters. The average molecular weight is 395 g/mol. The molecule has 1 saturated carbocycles. The van der Waals surface area contributed by atoms with Crippen LogP contribution >= 0.6 is 0 Å². The second kappa shape index (κ2) is 11.3. The average Bonchev–Trinajstić information content (AvgIpc) is 2.59. The Morgan fingerprint density at radius 1 is 1.26 bits per heavy atom. The highest BCUT2D eigenvalue weighted by atomic mass is 32.2. The van der Waals surface area contributed by atoms with Crippen LogP contribution in [-0.2, 0) is 16.4 Å². The predicted octanol–water partition coefficient (Wildman–Crippen LogP) is 2.28. The van der Waals surface area contributed by atoms with Crippen LogP contribution in [-0.4, -0.2) is 45.8 Å². The molecule has 1 aromatic rings. The van der Waals surface area contributed by atoms with Gasteiger partial charge in [0.05, 0.1) is 12.3 Å². The van der Waals surface area contributed by atoms with Crippen LogP contribution in [0.15, 0.2) is 35.3 Å². The molecule has 27 heavy (non-hydrogen) atoms. The summed E-state index contributed by atoms with van der Waals surface area (Å²) in [4.78, 5) is 4.43. The number of rotatable bonds is 11. The molecule has 0 heterocycles. The van der Waals surface area contributed by atoms with E-state index in [1.165, 1.54) is 12.0 Å². The molecule has 0 spiro atoms. The summed E-state index contributed by atoms with van der Waals surface area (Å²) in [5.41, 5.74) is 1.32. The summed E-state index contributed by atoms with van der Waals surface area (Å²) in [6.07, 6.45) is 5.46. The minimum atomic E-state index is -3.25. The third-order valence-electron chi connectivity index (χ3n) is 4.88. The molecule has 0 amide bonds. The van der Waals surface area contributed by atoms with Gasteiger partial charge in [0.2, 0.25) is 10.0 Å². The van der Waals surface area contributed by atoms with Crippen molar-refractivity contribution in [2.75, 3.05) is 25.4 Å². The lowest BCUT2D eigenvalue weighted by molar-refractivity contribution is 0.316. The molecule has 0 aromatic heterocycles. The summed E-state index contributed by atoms with van der Waals surface area (Å²) < 4.78 is 26.9. The Kier molecular flexibility index (Phi) is 9.07. The van der Waals surface area contributed by atoms with Crippen molar-refractivity contribution in [3.8, 4) is 0 Å². The number of aryl methyl sites for hydroxylation is 1. The molecule has 1 aliphatic rings. The van der Waals surface area contributed by atoms with Crippen LogP contribution in [0.4, 0.5) is 0 Å². The van der Waals surface area contributed by atoms with Gasteiger partial charge < -0.3 is 10.6 Å². The molecule has 0 bridgehead atoms. The number of hydrogen-bond donors (Lipinski definition) is 3. The second-order valence-electron chi connectivity index (χ2n) is 7.29. The number of guanidine groups is 1. The van der Waals surface area contributed by atoms with Gasteiger partial charge in [-0.2, -0.15) is 0 Å². The van der Waals surface area contributed by atoms with Gasteiger partial charge in [-0.3, -0.25) is 4.99 Å². The van der Waals surface area contributed by atoms with Crippen molar-refractivity contribution >= 4 is 16.0 Å². The molecule has 3 N–H and O–H groups in total. The third-order valence-corrected chi connectivity index (χ3v) is 6.21. The summed E-state index contributed by atoms with van der Waals surface area (Å²) in [6.45, 7) is 5.68. The highest BCUT2D eigenvalue weighted by Gasteiger charge is 2.20. The molecule has 1 aliphatic carbocycles. The minimum absolute atomic E-state index is 0.0225. The summed E-state index contributed by atoms with van der Waals surface area (Å²) >= 11 is 0. The van der Waals surface area contributed by atoms with Crippen LogP contribution in [0.5, 0.6) is 0 Å². The zero-order chi connectivity index (χ0) is 19.5. The van der Waals surface area contributed by atoms with Crippen LogP contribution < -0.4 is 15.4 Å². The Morgan fingerprint density at radius 2 is 2.00 bits per heavy atom. The first-order valence-corrected chi connectivity index (χ1v) is 11.7. The minimum Gasteiger partial charge on any atom is -0.357 e. The van der Waals surface area contributed by atoms with Gasteiger partial charge in [0.15, 0.2) is 5.96 Å². The maximum Gasteiger partial charge on any atom is 0.213 e. The Bertz CT molecular complexity index is 672. The molecule has 0 saturated heterocycles. The SMILES string of the molecule is CCNC(=NCCS(=O)(=O)NCC1CCC1)NC(C)CCc1ccccc1. The lowest BCUT2D eigenvalue weighted by Crippen LogP contribution is -2.43. The number of hydrogen-bond acceptors (Lipinski definition) is 3. The van der Waals surface area contributed by atoms with E-state index in [9.17, 15) is 8.42 Å². The number of nitrogens with zero attached hydrogens (tertiary/aromatic N) is 1. The van der Waals surface area contributed by atoms with Crippen molar-refractivity contribution in [3.05, 3.63) is 35.9 Å². The molecule has 2 rings (SSSR count). The van der Waals surface area contributed by atoms with Crippen molar-refractivity contribution in [2.45, 2.75) is 52.0 Å². The highest BCUT2D eigenvalue weighted by molar-refractivity contribution is 7.89. The summed E-state index contributed by atoms with van der Waals surface area (Å²) in [6, 6.07) is 10.6. The van der Waals surface area contributed by atoms with Crippen LogP contribution in [0.3, 0.4) is 0 Å². The zero-order valence-corrected chi connectivity index (χ0v) is 17.4. The maximum atomic E-state index is 12.1. The van der Waals surface area contributed by atoms with E-state index in [0.717, 1.165) is 32.2 Å². The van der Waals surface area contributed by atoms with Crippen molar-refractivity contribution < 1.29 is 8.42 Å². The van der Waals surface area contributed by atoms with Crippen LogP contribution in [0.1, 0.15) is 45.1 Å². The summed E-state index contributed by atoms with van der Waals surface area (Å²) in [5, 5.41) is 6.56. The lowest BCUT2D eigenvalue weighted by atomic mass is 9.86. The predicted molar refractivity (Wildman–Crippen MR) is 112 cm³/mol. The van der Waals surface area contributed by atoms with E-state index in [0.29, 0.717) is 18.4 Å². The number of aliphatic imine (C=N–C) groups is 1. The van der Waals surface area contributed by atoms with Gasteiger partial charge >= 0.3 is 0 Å². The van der Waals surface area contributed by atoms with Crippen LogP contribution in [0.2, 0.25) is 0 Å². The van der Waals surface area contributed by atoms with Crippen LogP contribution in [0.25, 0.3) is 0 Å². The normalized spacial score (nSPS) is 16.6. The van der Waals surface area contributed by atoms with Gasteiger partial charge in [-0.05, 0) is 51.0 Å². The van der Waals surface area contributed by atoms with Crippen molar-refractivity contribution in [2.24, 2.45) is 10.9 Å². The summed E-state index contributed by atoms with van der Waals surface area (Å²) in [5.74, 6) is 1.22. The highest BCUT2D eigenvalue weighted by Crippen LogP contribution is 2.25. The Balaban J connectivity index is 1.74. The summed E-state index contributed by atoms with van der Waals surface area (Å²) in [7, 11) is -3.25. The molecule has 1 unspecified atom stereocenters. The van der Waals surface area contributed by atoms with E-state index < -0.39 is 10.0 Å². The van der Waals surface area contributed by atoms with Crippen LogP contribution in [0, 0.1) is 5.92 Å². The third kappa shape index (κ3) is 8.75. The Hall–Kier alpha value is -1.60. The fourth-order valence-electron chi connectivity index (χ4n) is 2.94. The maximum absolute atomic E-state index is 12.1. The number of nitrogens with one attached hydrogen (secondary N) is 3. The van der Waals surface area contributed by atoms with Gasteiger partial charge in [-0.15, -0.1) is 0 Å². The van der Waals surface area contributed by atoms with Gasteiger partial charge in [0.25, 0.3) is 0 Å². The molecule has 1 fully saturated rings. The fourth-order valence-corrected chi connectivity index (χ4v) is 3.91. The van der Waals surface area contributed by atoms with Crippen molar-refractivity contribution in [3.63, 3.8) is 0 Å². The van der Waals surface area contributed by atoms with Gasteiger partial charge in [-0.25, -0.2) is 13.1 Å². The number of sulfonamides is 1. The van der Waals surface area contributed by atoms with E-state index in [-0.39, 0.29) is 18.3 Å². The van der Waals surface area contributed by atoms with E-state index >= 15 is 0 Å². The molecule has 1 aromatic carbocycles. The van der Waals surface area contributed by atoms with Gasteiger partial charge in [0, 0.05) is 19.1 Å². The first-order chi connectivity index (χ1) is 13.0. The van der Waals surface area contributed by atoms with E-state index in [1.807, 2.05) is 13.0 Å². The molecule has 152 valence electrons. The molecule has 0 radical (unpaired) electrons. The molecule has 0 aliphatic heterocycles. The lowest BCUT2D eigenvalue weighted by Gasteiger charge is -2.25. The van der Waals surface area contributed by atoms with Gasteiger partial charge in [0.1, 0.15) is 0 Å². The first kappa shape index (κ1) is 21.7. The Morgan fingerprint density at radius 3 is 2.63 bits per heavy atom. The molecular formula is C20H34N4O2S. The van der Waals surface area contributed by atoms with E-state index in [2.05, 4.69) is 51.5 Å². The van der Waals surface area contributed by atoms with E-state index in [4.69, 9.17) is 0 Å². The fraction of sp³-hybridized carbons (Fsp3) is 0.650. The number of benzene rings is 1. The molecular weight excluding hydrogens is 360 g/mol. The van der Waals surface area contributed by atoms with Crippen molar-refractivity contribution in [1.29, 1.82) is 0 Å². The van der Waals surface area contributed by atoms with Crippen molar-refractivity contribution in [1.82, 2.24) is 15.4 Å². The van der Waals surface area contributed by atoms with Gasteiger partial charge in [-0.1, -0.05) is 36.8 Å². The topological polar surface area (TPSA) is 82.6 Å². The largest absolute Gasteiger partial charge is 0.357 e. The molecule has 7 heteroatoms. The molecule has 6 nitrogen and oxygen atoms in total. The standard InChI is InChI=1S/C20H34N4O2S/c1-3-21-20(24-17(2)12-13-18-8-5-4-6-9-18)22-14-15-27(25,26)23-16-19-10-7-11-19/h4-6,8-9,17,19,23H,3,7,10-16H2,1-2H3,(H2,21,22,24).